The van der Waals surface area contributed by atoms with E-state index < -0.39 is 15.6 Å². The van der Waals surface area contributed by atoms with Crippen LogP contribution in [0.1, 0.15) is 13.8 Å². The maximum atomic E-state index is 11.6. The zero-order valence-corrected chi connectivity index (χ0v) is 9.76. The van der Waals surface area contributed by atoms with E-state index in [0.717, 1.165) is 0 Å². The maximum Gasteiger partial charge on any atom is 0.243 e. The predicted octanol–water partition coefficient (Wildman–Crippen LogP) is 0.113. The van der Waals surface area contributed by atoms with E-state index in [4.69, 9.17) is 4.74 Å². The molecule has 1 rings (SSSR count). The van der Waals surface area contributed by atoms with E-state index in [0.29, 0.717) is 0 Å². The Morgan fingerprint density at radius 1 is 1.60 bits per heavy atom. The van der Waals surface area contributed by atoms with Gasteiger partial charge >= 0.3 is 0 Å². The molecule has 0 radical (unpaired) electrons. The summed E-state index contributed by atoms with van der Waals surface area (Å²) in [5, 5.41) is 6.02. The van der Waals surface area contributed by atoms with E-state index in [1.54, 1.807) is 13.8 Å². The number of H-pyrrole nitrogens is 1. The lowest BCUT2D eigenvalue weighted by Gasteiger charge is -2.22. The van der Waals surface area contributed by atoms with Crippen LogP contribution in [0.25, 0.3) is 0 Å². The third kappa shape index (κ3) is 3.29. The Balaban J connectivity index is 2.67. The zero-order valence-electron chi connectivity index (χ0n) is 8.94. The molecule has 0 unspecified atom stereocenters. The molecule has 0 spiro atoms. The van der Waals surface area contributed by atoms with Crippen LogP contribution in [0, 0.1) is 0 Å². The molecule has 7 heteroatoms. The van der Waals surface area contributed by atoms with Gasteiger partial charge in [0.15, 0.2) is 0 Å². The molecule has 0 aliphatic heterocycles. The first-order valence-electron chi connectivity index (χ1n) is 4.41. The molecule has 0 fully saturated rings. The summed E-state index contributed by atoms with van der Waals surface area (Å²) in [5.41, 5.74) is -0.531. The van der Waals surface area contributed by atoms with Crippen molar-refractivity contribution in [3.8, 4) is 0 Å². The molecule has 0 saturated heterocycles. The van der Waals surface area contributed by atoms with Gasteiger partial charge in [-0.15, -0.1) is 0 Å². The molecule has 0 amide bonds. The fraction of sp³-hybridized carbons (Fsp3) is 0.625. The second-order valence-corrected chi connectivity index (χ2v) is 5.49. The van der Waals surface area contributed by atoms with E-state index in [1.807, 2.05) is 0 Å². The average Bonchev–Trinajstić information content (AvgIpc) is 2.69. The minimum absolute atomic E-state index is 0.120. The summed E-state index contributed by atoms with van der Waals surface area (Å²) < 4.78 is 30.8. The number of nitrogens with one attached hydrogen (secondary N) is 2. The largest absolute Gasteiger partial charge is 0.377 e. The van der Waals surface area contributed by atoms with E-state index in [9.17, 15) is 8.42 Å². The van der Waals surface area contributed by atoms with Crippen molar-refractivity contribution in [2.24, 2.45) is 0 Å². The third-order valence-corrected chi connectivity index (χ3v) is 3.39. The van der Waals surface area contributed by atoms with Crippen LogP contribution in [-0.4, -0.2) is 37.9 Å². The Bertz CT molecular complexity index is 397. The van der Waals surface area contributed by atoms with Crippen LogP contribution in [0.2, 0.25) is 0 Å². The summed E-state index contributed by atoms with van der Waals surface area (Å²) >= 11 is 0. The standard InChI is InChI=1S/C8H15N3O3S/c1-8(2,14-3)6-11-15(12,13)7-4-9-10-5-7/h4-5,11H,6H2,1-3H3,(H,9,10). The molecule has 0 aliphatic rings. The van der Waals surface area contributed by atoms with Crippen LogP contribution in [0.3, 0.4) is 0 Å². The Kier molecular flexibility index (Phi) is 3.48. The van der Waals surface area contributed by atoms with Gasteiger partial charge in [0.2, 0.25) is 10.0 Å². The van der Waals surface area contributed by atoms with Crippen molar-refractivity contribution in [2.75, 3.05) is 13.7 Å². The van der Waals surface area contributed by atoms with Gasteiger partial charge in [-0.3, -0.25) is 5.10 Å². The number of hydrogen-bond donors (Lipinski definition) is 2. The minimum atomic E-state index is -3.48. The summed E-state index contributed by atoms with van der Waals surface area (Å²) in [6.07, 6.45) is 2.57. The van der Waals surface area contributed by atoms with Gasteiger partial charge < -0.3 is 4.74 Å². The molecule has 86 valence electrons. The normalized spacial score (nSPS) is 13.0. The summed E-state index contributed by atoms with van der Waals surface area (Å²) in [6.45, 7) is 3.80. The number of ether oxygens (including phenoxy) is 1. The first-order valence-corrected chi connectivity index (χ1v) is 5.89. The van der Waals surface area contributed by atoms with E-state index in [2.05, 4.69) is 14.9 Å². The zero-order chi connectivity index (χ0) is 11.5. The second-order valence-electron chi connectivity index (χ2n) is 3.72. The topological polar surface area (TPSA) is 84.1 Å². The van der Waals surface area contributed by atoms with Crippen molar-refractivity contribution in [1.82, 2.24) is 14.9 Å². The fourth-order valence-electron chi connectivity index (χ4n) is 0.810. The Morgan fingerprint density at radius 2 is 2.27 bits per heavy atom. The van der Waals surface area contributed by atoms with Crippen LogP contribution in [0.5, 0.6) is 0 Å². The highest BCUT2D eigenvalue weighted by Gasteiger charge is 2.22. The number of aromatic amines is 1. The van der Waals surface area contributed by atoms with Gasteiger partial charge in [-0.2, -0.15) is 5.10 Å². The summed E-state index contributed by atoms with van der Waals surface area (Å²) in [6, 6.07) is 0. The molecule has 0 bridgehead atoms. The Morgan fingerprint density at radius 3 is 2.73 bits per heavy atom. The van der Waals surface area contributed by atoms with Gasteiger partial charge in [-0.25, -0.2) is 13.1 Å². The number of sulfonamides is 1. The summed E-state index contributed by atoms with van der Waals surface area (Å²) in [5.74, 6) is 0. The van der Waals surface area contributed by atoms with Gasteiger partial charge in [0.25, 0.3) is 0 Å². The smallest absolute Gasteiger partial charge is 0.243 e. The van der Waals surface area contributed by atoms with Gasteiger partial charge in [0.05, 0.1) is 11.8 Å². The molecule has 1 aromatic rings. The van der Waals surface area contributed by atoms with Crippen molar-refractivity contribution in [2.45, 2.75) is 24.3 Å². The number of aromatic nitrogens is 2. The molecule has 2 N–H and O–H groups in total. The second kappa shape index (κ2) is 4.30. The van der Waals surface area contributed by atoms with Crippen LogP contribution in [-0.2, 0) is 14.8 Å². The summed E-state index contributed by atoms with van der Waals surface area (Å²) in [4.78, 5) is 0.120. The van der Waals surface area contributed by atoms with Gasteiger partial charge in [0, 0.05) is 19.9 Å². The Labute approximate surface area is 89.1 Å². The van der Waals surface area contributed by atoms with Gasteiger partial charge in [-0.1, -0.05) is 0 Å². The maximum absolute atomic E-state index is 11.6. The lowest BCUT2D eigenvalue weighted by Crippen LogP contribution is -2.39. The number of nitrogens with zero attached hydrogens (tertiary/aromatic N) is 1. The van der Waals surface area contributed by atoms with Crippen molar-refractivity contribution >= 4 is 10.0 Å². The van der Waals surface area contributed by atoms with Crippen molar-refractivity contribution < 1.29 is 13.2 Å². The highest BCUT2D eigenvalue weighted by atomic mass is 32.2. The van der Waals surface area contributed by atoms with Crippen LogP contribution in [0.15, 0.2) is 17.3 Å². The lowest BCUT2D eigenvalue weighted by atomic mass is 10.1. The quantitative estimate of drug-likeness (QED) is 0.756. The molecule has 0 aliphatic carbocycles. The molecule has 1 heterocycles. The molecule has 0 aromatic carbocycles. The van der Waals surface area contributed by atoms with Crippen molar-refractivity contribution in [3.05, 3.63) is 12.4 Å². The van der Waals surface area contributed by atoms with E-state index in [1.165, 1.54) is 19.5 Å². The molecule has 15 heavy (non-hydrogen) atoms. The monoisotopic (exact) mass is 233 g/mol. The number of rotatable bonds is 5. The molecule has 0 saturated carbocycles. The molecule has 1 aromatic heterocycles. The number of methoxy groups -OCH3 is 1. The van der Waals surface area contributed by atoms with Gasteiger partial charge in [0.1, 0.15) is 4.90 Å². The predicted molar refractivity (Wildman–Crippen MR) is 54.9 cm³/mol. The van der Waals surface area contributed by atoms with E-state index in [-0.39, 0.29) is 11.4 Å². The molecular weight excluding hydrogens is 218 g/mol. The van der Waals surface area contributed by atoms with Crippen LogP contribution >= 0.6 is 0 Å². The third-order valence-electron chi connectivity index (χ3n) is 2.02. The SMILES string of the molecule is COC(C)(C)CNS(=O)(=O)c1cn[nH]c1. The van der Waals surface area contributed by atoms with E-state index >= 15 is 0 Å². The first kappa shape index (κ1) is 12.2. The van der Waals surface area contributed by atoms with Crippen molar-refractivity contribution in [3.63, 3.8) is 0 Å². The van der Waals surface area contributed by atoms with Crippen LogP contribution in [0.4, 0.5) is 0 Å². The lowest BCUT2D eigenvalue weighted by molar-refractivity contribution is 0.0276. The highest BCUT2D eigenvalue weighted by molar-refractivity contribution is 7.89. The summed E-state index contributed by atoms with van der Waals surface area (Å²) in [7, 11) is -1.95. The molecule has 0 atom stereocenters. The average molecular weight is 233 g/mol. The molecule has 6 nitrogen and oxygen atoms in total. The van der Waals surface area contributed by atoms with Crippen LogP contribution < -0.4 is 4.72 Å². The molecular formula is C8H15N3O3S. The Hall–Kier alpha value is -0.920. The van der Waals surface area contributed by atoms with Gasteiger partial charge in [-0.05, 0) is 13.8 Å². The number of hydrogen-bond acceptors (Lipinski definition) is 4. The fourth-order valence-corrected chi connectivity index (χ4v) is 1.91. The van der Waals surface area contributed by atoms with Crippen molar-refractivity contribution in [1.29, 1.82) is 0 Å². The minimum Gasteiger partial charge on any atom is -0.377 e. The first-order chi connectivity index (χ1) is 6.87. The highest BCUT2D eigenvalue weighted by Crippen LogP contribution is 2.09.